The van der Waals surface area contributed by atoms with Crippen LogP contribution in [0.5, 0.6) is 0 Å². The minimum absolute atomic E-state index is 0.157. The average Bonchev–Trinajstić information content (AvgIpc) is 2.70. The number of rotatable bonds is 20. The number of allylic oxidation sites excluding steroid dienone is 4. The Labute approximate surface area is 178 Å². The Hall–Kier alpha value is -1.62. The molecule has 1 atom stereocenters. The highest BCUT2D eigenvalue weighted by Gasteiger charge is 2.18. The zero-order valence-electron chi connectivity index (χ0n) is 18.5. The standard InChI is InChI=1S/C24H44N2O3/c1-2-3-4-5-6-7-8-9-10-11-12-13-14-15-16-20-23(27)26-22(24(28)29)19-17-18-21-25/h6-7,9-10,22H,2-5,8,11-21,25H2,1H3,(H,26,27)(H,28,29)/b7-6+,10-9+. The molecule has 0 aliphatic carbocycles. The largest absolute Gasteiger partial charge is 0.480 e. The van der Waals surface area contributed by atoms with E-state index >= 15 is 0 Å². The van der Waals surface area contributed by atoms with Crippen LogP contribution < -0.4 is 11.1 Å². The van der Waals surface area contributed by atoms with Crippen molar-refractivity contribution < 1.29 is 14.7 Å². The lowest BCUT2D eigenvalue weighted by molar-refractivity contribution is -0.142. The van der Waals surface area contributed by atoms with Gasteiger partial charge in [0, 0.05) is 6.42 Å². The lowest BCUT2D eigenvalue weighted by atomic mass is 10.1. The molecule has 0 saturated carbocycles. The highest BCUT2D eigenvalue weighted by molar-refractivity contribution is 5.83. The molecular weight excluding hydrogens is 364 g/mol. The quantitative estimate of drug-likeness (QED) is 0.183. The molecular formula is C24H44N2O3. The monoisotopic (exact) mass is 408 g/mol. The van der Waals surface area contributed by atoms with E-state index in [4.69, 9.17) is 5.73 Å². The summed E-state index contributed by atoms with van der Waals surface area (Å²) >= 11 is 0. The van der Waals surface area contributed by atoms with E-state index in [0.29, 0.717) is 19.4 Å². The fraction of sp³-hybridized carbons (Fsp3) is 0.750. The first-order chi connectivity index (χ1) is 14.1. The second-order valence-corrected chi connectivity index (χ2v) is 7.72. The van der Waals surface area contributed by atoms with E-state index in [2.05, 4.69) is 36.5 Å². The minimum atomic E-state index is -0.963. The van der Waals surface area contributed by atoms with Gasteiger partial charge < -0.3 is 16.2 Å². The Balaban J connectivity index is 3.58. The Morgan fingerprint density at radius 2 is 1.48 bits per heavy atom. The van der Waals surface area contributed by atoms with Crippen LogP contribution in [0.4, 0.5) is 0 Å². The van der Waals surface area contributed by atoms with E-state index < -0.39 is 12.0 Å². The van der Waals surface area contributed by atoms with Crippen LogP contribution in [0, 0.1) is 0 Å². The second-order valence-electron chi connectivity index (χ2n) is 7.72. The van der Waals surface area contributed by atoms with Gasteiger partial charge in [0.25, 0.3) is 0 Å². The number of aliphatic carboxylic acids is 1. The van der Waals surface area contributed by atoms with Gasteiger partial charge in [0.05, 0.1) is 0 Å². The molecule has 0 fully saturated rings. The van der Waals surface area contributed by atoms with Crippen LogP contribution in [0.25, 0.3) is 0 Å². The van der Waals surface area contributed by atoms with Crippen molar-refractivity contribution >= 4 is 11.9 Å². The van der Waals surface area contributed by atoms with Crippen molar-refractivity contribution in [2.24, 2.45) is 5.73 Å². The molecule has 5 heteroatoms. The van der Waals surface area contributed by atoms with Crippen molar-refractivity contribution in [3.63, 3.8) is 0 Å². The molecule has 4 N–H and O–H groups in total. The zero-order valence-corrected chi connectivity index (χ0v) is 18.5. The van der Waals surface area contributed by atoms with Crippen molar-refractivity contribution in [3.05, 3.63) is 24.3 Å². The first-order valence-corrected chi connectivity index (χ1v) is 11.6. The third kappa shape index (κ3) is 19.5. The molecule has 5 nitrogen and oxygen atoms in total. The molecule has 0 heterocycles. The smallest absolute Gasteiger partial charge is 0.326 e. The topological polar surface area (TPSA) is 92.4 Å². The average molecular weight is 409 g/mol. The normalized spacial score (nSPS) is 12.6. The molecule has 0 rings (SSSR count). The highest BCUT2D eigenvalue weighted by atomic mass is 16.4. The third-order valence-corrected chi connectivity index (χ3v) is 4.93. The molecule has 0 radical (unpaired) electrons. The molecule has 1 amide bonds. The summed E-state index contributed by atoms with van der Waals surface area (Å²) in [4.78, 5) is 23.1. The fourth-order valence-corrected chi connectivity index (χ4v) is 3.11. The van der Waals surface area contributed by atoms with Gasteiger partial charge >= 0.3 is 5.97 Å². The van der Waals surface area contributed by atoms with Crippen molar-refractivity contribution in [3.8, 4) is 0 Å². The number of hydrogen-bond acceptors (Lipinski definition) is 3. The maximum absolute atomic E-state index is 11.9. The Morgan fingerprint density at radius 1 is 0.862 bits per heavy atom. The van der Waals surface area contributed by atoms with E-state index in [0.717, 1.165) is 44.9 Å². The van der Waals surface area contributed by atoms with Crippen molar-refractivity contribution in [2.45, 2.75) is 109 Å². The zero-order chi connectivity index (χ0) is 21.6. The molecule has 0 spiro atoms. The number of nitrogens with one attached hydrogen (secondary N) is 1. The molecule has 0 saturated heterocycles. The van der Waals surface area contributed by atoms with E-state index in [1.165, 1.54) is 38.5 Å². The van der Waals surface area contributed by atoms with E-state index in [1.54, 1.807) is 0 Å². The predicted molar refractivity (Wildman–Crippen MR) is 122 cm³/mol. The van der Waals surface area contributed by atoms with Crippen molar-refractivity contribution in [2.75, 3.05) is 6.54 Å². The predicted octanol–water partition coefficient (Wildman–Crippen LogP) is 5.50. The second kappa shape index (κ2) is 21.1. The molecule has 0 aromatic heterocycles. The molecule has 1 unspecified atom stereocenters. The fourth-order valence-electron chi connectivity index (χ4n) is 3.11. The van der Waals surface area contributed by atoms with E-state index in [-0.39, 0.29) is 5.91 Å². The lowest BCUT2D eigenvalue weighted by Crippen LogP contribution is -2.40. The van der Waals surface area contributed by atoms with Crippen LogP contribution in [-0.4, -0.2) is 29.6 Å². The van der Waals surface area contributed by atoms with E-state index in [9.17, 15) is 14.7 Å². The number of carbonyl (C=O) groups excluding carboxylic acids is 1. The molecule has 0 aliphatic heterocycles. The summed E-state index contributed by atoms with van der Waals surface area (Å²) in [5.74, 6) is -1.12. The van der Waals surface area contributed by atoms with Crippen LogP contribution in [0.2, 0.25) is 0 Å². The summed E-state index contributed by atoms with van der Waals surface area (Å²) in [5.41, 5.74) is 5.42. The molecule has 0 aromatic rings. The Kier molecular flexibility index (Phi) is 19.9. The molecule has 0 aliphatic rings. The van der Waals surface area contributed by atoms with Gasteiger partial charge in [-0.25, -0.2) is 4.79 Å². The van der Waals surface area contributed by atoms with Crippen LogP contribution in [0.3, 0.4) is 0 Å². The highest BCUT2D eigenvalue weighted by Crippen LogP contribution is 2.09. The van der Waals surface area contributed by atoms with Crippen LogP contribution in [-0.2, 0) is 9.59 Å². The van der Waals surface area contributed by atoms with Crippen LogP contribution in [0.15, 0.2) is 24.3 Å². The van der Waals surface area contributed by atoms with Crippen molar-refractivity contribution in [1.82, 2.24) is 5.32 Å². The number of carboxylic acid groups (broad SMARTS) is 1. The number of carbonyl (C=O) groups is 2. The van der Waals surface area contributed by atoms with Gasteiger partial charge in [-0.3, -0.25) is 4.79 Å². The summed E-state index contributed by atoms with van der Waals surface area (Å²) in [7, 11) is 0. The maximum Gasteiger partial charge on any atom is 0.326 e. The summed E-state index contributed by atoms with van der Waals surface area (Å²) in [5, 5.41) is 11.8. The number of hydrogen-bond donors (Lipinski definition) is 3. The number of unbranched alkanes of at least 4 members (excludes halogenated alkanes) is 9. The summed E-state index contributed by atoms with van der Waals surface area (Å²) < 4.78 is 0. The van der Waals surface area contributed by atoms with Crippen molar-refractivity contribution in [1.29, 1.82) is 0 Å². The third-order valence-electron chi connectivity index (χ3n) is 4.93. The summed E-state index contributed by atoms with van der Waals surface area (Å²) in [6, 6.07) is -0.785. The summed E-state index contributed by atoms with van der Waals surface area (Å²) in [6.07, 6.45) is 24.0. The molecule has 29 heavy (non-hydrogen) atoms. The Bertz CT molecular complexity index is 461. The molecule has 168 valence electrons. The molecule has 0 aromatic carbocycles. The lowest BCUT2D eigenvalue weighted by Gasteiger charge is -2.14. The van der Waals surface area contributed by atoms with Crippen LogP contribution in [0.1, 0.15) is 103 Å². The number of nitrogens with two attached hydrogens (primary N) is 1. The van der Waals surface area contributed by atoms with Gasteiger partial charge in [-0.2, -0.15) is 0 Å². The van der Waals surface area contributed by atoms with E-state index in [1.807, 2.05) is 0 Å². The maximum atomic E-state index is 11.9. The summed E-state index contributed by atoms with van der Waals surface area (Å²) in [6.45, 7) is 2.78. The van der Waals surface area contributed by atoms with Gasteiger partial charge in [0.2, 0.25) is 5.91 Å². The molecule has 0 bridgehead atoms. The van der Waals surface area contributed by atoms with Gasteiger partial charge in [0.1, 0.15) is 6.04 Å². The van der Waals surface area contributed by atoms with Gasteiger partial charge in [-0.15, -0.1) is 0 Å². The van der Waals surface area contributed by atoms with Gasteiger partial charge in [-0.05, 0) is 64.3 Å². The first kappa shape index (κ1) is 27.4. The number of amides is 1. The van der Waals surface area contributed by atoms with Gasteiger partial charge in [-0.1, -0.05) is 63.3 Å². The number of carboxylic acids is 1. The Morgan fingerprint density at radius 3 is 2.10 bits per heavy atom. The van der Waals surface area contributed by atoms with Crippen LogP contribution >= 0.6 is 0 Å². The minimum Gasteiger partial charge on any atom is -0.480 e. The SMILES string of the molecule is CCCCC/C=C/C/C=C/CCCCCCCC(=O)NC(CCCCN)C(=O)O. The first-order valence-electron chi connectivity index (χ1n) is 11.6. The van der Waals surface area contributed by atoms with Gasteiger partial charge in [0.15, 0.2) is 0 Å².